The number of carbonyl (C=O) groups is 2. The number of carbonyl (C=O) groups excluding carboxylic acids is 1. The molecular formula is C15H28N2O4. The van der Waals surface area contributed by atoms with Crippen LogP contribution in [0, 0.1) is 5.41 Å². The zero-order chi connectivity index (χ0) is 16.0. The largest absolute Gasteiger partial charge is 0.481 e. The molecule has 0 radical (unpaired) electrons. The summed E-state index contributed by atoms with van der Waals surface area (Å²) in [5.41, 5.74) is -0.0863. The molecule has 122 valence electrons. The van der Waals surface area contributed by atoms with E-state index in [2.05, 4.69) is 26.1 Å². The highest BCUT2D eigenvalue weighted by molar-refractivity contribution is 5.75. The van der Waals surface area contributed by atoms with E-state index in [0.717, 1.165) is 25.9 Å². The van der Waals surface area contributed by atoms with Crippen molar-refractivity contribution in [2.24, 2.45) is 5.41 Å². The van der Waals surface area contributed by atoms with Gasteiger partial charge in [-0.25, -0.2) is 4.79 Å². The van der Waals surface area contributed by atoms with Gasteiger partial charge in [0.1, 0.15) is 0 Å². The molecule has 0 aromatic rings. The Kier molecular flexibility index (Phi) is 6.45. The van der Waals surface area contributed by atoms with E-state index in [9.17, 15) is 9.59 Å². The summed E-state index contributed by atoms with van der Waals surface area (Å²) < 4.78 is 5.84. The van der Waals surface area contributed by atoms with E-state index < -0.39 is 5.97 Å². The standard InChI is InChI=1S/C15H28N2O4/c1-5-6-9-21-12-10-11(15(12,2)3)16-14(20)17(4)8-7-13(18)19/h11-12H,5-10H2,1-4H3,(H,16,20)(H,18,19). The molecule has 2 N–H and O–H groups in total. The first kappa shape index (κ1) is 17.8. The molecule has 1 fully saturated rings. The lowest BCUT2D eigenvalue weighted by atomic mass is 9.64. The number of nitrogens with zero attached hydrogens (tertiary/aromatic N) is 1. The molecule has 6 nitrogen and oxygen atoms in total. The molecule has 0 spiro atoms. The number of nitrogens with one attached hydrogen (secondary N) is 1. The first-order chi connectivity index (χ1) is 9.78. The number of rotatable bonds is 8. The third-order valence-electron chi connectivity index (χ3n) is 4.30. The van der Waals surface area contributed by atoms with Crippen molar-refractivity contribution in [1.82, 2.24) is 10.2 Å². The summed E-state index contributed by atoms with van der Waals surface area (Å²) in [6.45, 7) is 7.30. The molecule has 2 amide bonds. The maximum Gasteiger partial charge on any atom is 0.317 e. The van der Waals surface area contributed by atoms with E-state index in [1.807, 2.05) is 0 Å². The quantitative estimate of drug-likeness (QED) is 0.673. The summed E-state index contributed by atoms with van der Waals surface area (Å²) in [6.07, 6.45) is 3.12. The van der Waals surface area contributed by atoms with Crippen LogP contribution in [0.2, 0.25) is 0 Å². The predicted octanol–water partition coefficient (Wildman–Crippen LogP) is 2.09. The predicted molar refractivity (Wildman–Crippen MR) is 80.2 cm³/mol. The highest BCUT2D eigenvalue weighted by atomic mass is 16.5. The number of unbranched alkanes of at least 4 members (excludes halogenated alkanes) is 1. The van der Waals surface area contributed by atoms with Crippen molar-refractivity contribution < 1.29 is 19.4 Å². The molecule has 2 unspecified atom stereocenters. The Labute approximate surface area is 126 Å². The Morgan fingerprint density at radius 2 is 2.10 bits per heavy atom. The monoisotopic (exact) mass is 300 g/mol. The van der Waals surface area contributed by atoms with Crippen LogP contribution in [-0.4, -0.2) is 54.4 Å². The first-order valence-electron chi connectivity index (χ1n) is 7.64. The second-order valence-electron chi connectivity index (χ2n) is 6.34. The number of amides is 2. The van der Waals surface area contributed by atoms with E-state index in [1.54, 1.807) is 7.05 Å². The van der Waals surface area contributed by atoms with Crippen LogP contribution in [0.3, 0.4) is 0 Å². The molecule has 1 aliphatic carbocycles. The Bertz CT molecular complexity index is 371. The number of carboxylic acid groups (broad SMARTS) is 1. The zero-order valence-corrected chi connectivity index (χ0v) is 13.5. The van der Waals surface area contributed by atoms with Crippen molar-refractivity contribution in [3.05, 3.63) is 0 Å². The average Bonchev–Trinajstić information content (AvgIpc) is 2.42. The molecule has 1 aliphatic rings. The van der Waals surface area contributed by atoms with Gasteiger partial charge in [-0.05, 0) is 12.8 Å². The van der Waals surface area contributed by atoms with E-state index in [-0.39, 0.29) is 36.6 Å². The number of aliphatic carboxylic acids is 1. The minimum Gasteiger partial charge on any atom is -0.481 e. The van der Waals surface area contributed by atoms with E-state index in [4.69, 9.17) is 9.84 Å². The smallest absolute Gasteiger partial charge is 0.317 e. The second kappa shape index (κ2) is 7.64. The topological polar surface area (TPSA) is 78.9 Å². The fourth-order valence-electron chi connectivity index (χ4n) is 2.41. The van der Waals surface area contributed by atoms with E-state index in [0.29, 0.717) is 0 Å². The molecule has 2 atom stereocenters. The first-order valence-corrected chi connectivity index (χ1v) is 7.64. The van der Waals surface area contributed by atoms with Crippen molar-refractivity contribution >= 4 is 12.0 Å². The van der Waals surface area contributed by atoms with Crippen LogP contribution in [0.4, 0.5) is 4.79 Å². The molecule has 6 heteroatoms. The van der Waals surface area contributed by atoms with Crippen LogP contribution >= 0.6 is 0 Å². The molecule has 0 aromatic carbocycles. The lowest BCUT2D eigenvalue weighted by Crippen LogP contribution is -2.63. The van der Waals surface area contributed by atoms with Gasteiger partial charge in [0.25, 0.3) is 0 Å². The molecule has 0 aliphatic heterocycles. The average molecular weight is 300 g/mol. The molecule has 0 saturated heterocycles. The summed E-state index contributed by atoms with van der Waals surface area (Å²) >= 11 is 0. The van der Waals surface area contributed by atoms with Gasteiger partial charge >= 0.3 is 12.0 Å². The van der Waals surface area contributed by atoms with Crippen LogP contribution in [0.1, 0.15) is 46.5 Å². The van der Waals surface area contributed by atoms with Crippen LogP contribution in [-0.2, 0) is 9.53 Å². The van der Waals surface area contributed by atoms with Crippen molar-refractivity contribution in [1.29, 1.82) is 0 Å². The number of carboxylic acids is 1. The van der Waals surface area contributed by atoms with Crippen molar-refractivity contribution in [2.75, 3.05) is 20.2 Å². The maximum absolute atomic E-state index is 12.0. The normalized spacial score (nSPS) is 23.2. The molecule has 0 heterocycles. The number of hydrogen-bond acceptors (Lipinski definition) is 3. The Balaban J connectivity index is 2.36. The Hall–Kier alpha value is -1.30. The zero-order valence-electron chi connectivity index (χ0n) is 13.5. The lowest BCUT2D eigenvalue weighted by Gasteiger charge is -2.51. The summed E-state index contributed by atoms with van der Waals surface area (Å²) in [5.74, 6) is -0.900. The van der Waals surface area contributed by atoms with Crippen LogP contribution in [0.15, 0.2) is 0 Å². The second-order valence-corrected chi connectivity index (χ2v) is 6.34. The van der Waals surface area contributed by atoms with E-state index >= 15 is 0 Å². The number of urea groups is 1. The minimum atomic E-state index is -0.900. The van der Waals surface area contributed by atoms with Gasteiger partial charge in [0.05, 0.1) is 12.5 Å². The third-order valence-corrected chi connectivity index (χ3v) is 4.30. The van der Waals surface area contributed by atoms with Gasteiger partial charge in [0.2, 0.25) is 0 Å². The molecular weight excluding hydrogens is 272 g/mol. The van der Waals surface area contributed by atoms with Crippen LogP contribution in [0.25, 0.3) is 0 Å². The molecule has 21 heavy (non-hydrogen) atoms. The van der Waals surface area contributed by atoms with E-state index in [1.165, 1.54) is 4.90 Å². The molecule has 0 bridgehead atoms. The van der Waals surface area contributed by atoms with Gasteiger partial charge in [-0.1, -0.05) is 27.2 Å². The summed E-state index contributed by atoms with van der Waals surface area (Å²) in [6, 6.07) is -0.148. The number of hydrogen-bond donors (Lipinski definition) is 2. The highest BCUT2D eigenvalue weighted by Gasteiger charge is 2.49. The number of ether oxygens (including phenoxy) is 1. The van der Waals surface area contributed by atoms with Gasteiger partial charge in [-0.15, -0.1) is 0 Å². The maximum atomic E-state index is 12.0. The van der Waals surface area contributed by atoms with Crippen LogP contribution < -0.4 is 5.32 Å². The SMILES string of the molecule is CCCCOC1CC(NC(=O)N(C)CCC(=O)O)C1(C)C. The summed E-state index contributed by atoms with van der Waals surface area (Å²) in [5, 5.41) is 11.6. The molecule has 1 rings (SSSR count). The van der Waals surface area contributed by atoms with Crippen LogP contribution in [0.5, 0.6) is 0 Å². The summed E-state index contributed by atoms with van der Waals surface area (Å²) in [7, 11) is 1.61. The van der Waals surface area contributed by atoms with Crippen molar-refractivity contribution in [3.8, 4) is 0 Å². The lowest BCUT2D eigenvalue weighted by molar-refractivity contribution is -0.137. The van der Waals surface area contributed by atoms with Gasteiger partial charge in [-0.2, -0.15) is 0 Å². The Morgan fingerprint density at radius 3 is 2.62 bits per heavy atom. The summed E-state index contributed by atoms with van der Waals surface area (Å²) in [4.78, 5) is 23.9. The van der Waals surface area contributed by atoms with Crippen molar-refractivity contribution in [2.45, 2.75) is 58.6 Å². The highest BCUT2D eigenvalue weighted by Crippen LogP contribution is 2.42. The molecule has 0 aromatic heterocycles. The van der Waals surface area contributed by atoms with Gasteiger partial charge in [-0.3, -0.25) is 4.79 Å². The third kappa shape index (κ3) is 4.88. The fraction of sp³-hybridized carbons (Fsp3) is 0.867. The minimum absolute atomic E-state index is 0.0409. The van der Waals surface area contributed by atoms with Crippen molar-refractivity contribution in [3.63, 3.8) is 0 Å². The Morgan fingerprint density at radius 1 is 1.43 bits per heavy atom. The molecule has 1 saturated carbocycles. The van der Waals surface area contributed by atoms with Gasteiger partial charge in [0, 0.05) is 31.7 Å². The van der Waals surface area contributed by atoms with Gasteiger partial charge < -0.3 is 20.1 Å². The fourth-order valence-corrected chi connectivity index (χ4v) is 2.41. The van der Waals surface area contributed by atoms with Gasteiger partial charge in [0.15, 0.2) is 0 Å².